The van der Waals surface area contributed by atoms with E-state index in [0.717, 1.165) is 19.3 Å². The molecule has 5 nitrogen and oxygen atoms in total. The third-order valence-corrected chi connectivity index (χ3v) is 4.81. The zero-order valence-electron chi connectivity index (χ0n) is 13.4. The SMILES string of the molecule is O=C([C@@H]1C[C@H](F)CN1C(=O)Nc1ccc(Cl)cc1)N1CCCCC1. The lowest BCUT2D eigenvalue weighted by Crippen LogP contribution is -2.50. The Kier molecular flexibility index (Phi) is 5.23. The van der Waals surface area contributed by atoms with Crippen LogP contribution in [0.15, 0.2) is 24.3 Å². The molecule has 24 heavy (non-hydrogen) atoms. The van der Waals surface area contributed by atoms with Crippen LogP contribution in [0.1, 0.15) is 25.7 Å². The van der Waals surface area contributed by atoms with E-state index in [1.807, 2.05) is 0 Å². The van der Waals surface area contributed by atoms with Crippen molar-refractivity contribution in [3.63, 3.8) is 0 Å². The van der Waals surface area contributed by atoms with E-state index in [1.165, 1.54) is 4.90 Å². The smallest absolute Gasteiger partial charge is 0.322 e. The van der Waals surface area contributed by atoms with E-state index in [1.54, 1.807) is 29.2 Å². The lowest BCUT2D eigenvalue weighted by molar-refractivity contribution is -0.136. The number of nitrogens with zero attached hydrogens (tertiary/aromatic N) is 2. The van der Waals surface area contributed by atoms with Crippen LogP contribution in [0.4, 0.5) is 14.9 Å². The van der Waals surface area contributed by atoms with Crippen molar-refractivity contribution in [3.05, 3.63) is 29.3 Å². The Hall–Kier alpha value is -1.82. The highest BCUT2D eigenvalue weighted by Gasteiger charge is 2.41. The molecule has 0 bridgehead atoms. The van der Waals surface area contributed by atoms with E-state index in [4.69, 9.17) is 11.6 Å². The third kappa shape index (κ3) is 3.80. The molecule has 2 heterocycles. The lowest BCUT2D eigenvalue weighted by atomic mass is 10.1. The Morgan fingerprint density at radius 2 is 1.79 bits per heavy atom. The molecule has 7 heteroatoms. The predicted molar refractivity (Wildman–Crippen MR) is 90.9 cm³/mol. The number of piperidine rings is 1. The number of benzene rings is 1. The number of carbonyl (C=O) groups excluding carboxylic acids is 2. The van der Waals surface area contributed by atoms with Gasteiger partial charge in [-0.2, -0.15) is 0 Å². The highest BCUT2D eigenvalue weighted by atomic mass is 35.5. The van der Waals surface area contributed by atoms with Gasteiger partial charge in [-0.1, -0.05) is 11.6 Å². The van der Waals surface area contributed by atoms with Crippen LogP contribution in [0.5, 0.6) is 0 Å². The number of carbonyl (C=O) groups is 2. The van der Waals surface area contributed by atoms with Crippen molar-refractivity contribution < 1.29 is 14.0 Å². The highest BCUT2D eigenvalue weighted by molar-refractivity contribution is 6.30. The van der Waals surface area contributed by atoms with Crippen LogP contribution in [-0.4, -0.2) is 53.6 Å². The fraction of sp³-hybridized carbons (Fsp3) is 0.529. The summed E-state index contributed by atoms with van der Waals surface area (Å²) >= 11 is 5.82. The zero-order valence-corrected chi connectivity index (χ0v) is 14.1. The van der Waals surface area contributed by atoms with Gasteiger partial charge >= 0.3 is 6.03 Å². The minimum Gasteiger partial charge on any atom is -0.341 e. The summed E-state index contributed by atoms with van der Waals surface area (Å²) in [5.74, 6) is -0.138. The number of nitrogens with one attached hydrogen (secondary N) is 1. The summed E-state index contributed by atoms with van der Waals surface area (Å²) in [7, 11) is 0. The third-order valence-electron chi connectivity index (χ3n) is 4.56. The number of hydrogen-bond donors (Lipinski definition) is 1. The number of anilines is 1. The molecular weight excluding hydrogens is 333 g/mol. The van der Waals surface area contributed by atoms with Crippen LogP contribution in [0.25, 0.3) is 0 Å². The van der Waals surface area contributed by atoms with Crippen LogP contribution in [0.3, 0.4) is 0 Å². The molecule has 0 aliphatic carbocycles. The first kappa shape index (κ1) is 17.0. The Labute approximate surface area is 145 Å². The van der Waals surface area contributed by atoms with Crippen molar-refractivity contribution in [1.29, 1.82) is 0 Å². The average Bonchev–Trinajstić information content (AvgIpc) is 2.99. The van der Waals surface area contributed by atoms with Gasteiger partial charge in [-0.05, 0) is 43.5 Å². The van der Waals surface area contributed by atoms with Crippen LogP contribution >= 0.6 is 11.6 Å². The predicted octanol–water partition coefficient (Wildman–Crippen LogP) is 3.30. The van der Waals surface area contributed by atoms with Gasteiger partial charge in [-0.15, -0.1) is 0 Å². The number of likely N-dealkylation sites (tertiary alicyclic amines) is 2. The molecular formula is C17H21ClFN3O2. The summed E-state index contributed by atoms with van der Waals surface area (Å²) in [6.45, 7) is 1.33. The molecule has 2 aliphatic heterocycles. The van der Waals surface area contributed by atoms with Gasteiger partial charge in [0.15, 0.2) is 0 Å². The molecule has 1 aromatic carbocycles. The number of hydrogen-bond acceptors (Lipinski definition) is 2. The Balaban J connectivity index is 1.68. The standard InChI is InChI=1S/C17H21ClFN3O2/c18-12-4-6-14(7-5-12)20-17(24)22-11-13(19)10-15(22)16(23)21-8-2-1-3-9-21/h4-7,13,15H,1-3,8-11H2,(H,20,24)/t13-,15-/m0/s1. The van der Waals surface area contributed by atoms with Crippen LogP contribution in [0.2, 0.25) is 5.02 Å². The van der Waals surface area contributed by atoms with E-state index in [0.29, 0.717) is 23.8 Å². The minimum absolute atomic E-state index is 0.0519. The molecule has 130 valence electrons. The summed E-state index contributed by atoms with van der Waals surface area (Å²) in [5.41, 5.74) is 0.566. The minimum atomic E-state index is -1.17. The fourth-order valence-electron chi connectivity index (χ4n) is 3.30. The summed E-state index contributed by atoms with van der Waals surface area (Å²) < 4.78 is 13.9. The van der Waals surface area contributed by atoms with Gasteiger partial charge in [0.2, 0.25) is 5.91 Å². The van der Waals surface area contributed by atoms with E-state index in [9.17, 15) is 14.0 Å². The average molecular weight is 354 g/mol. The molecule has 2 aliphatic rings. The quantitative estimate of drug-likeness (QED) is 0.887. The number of amides is 3. The molecule has 0 spiro atoms. The highest BCUT2D eigenvalue weighted by Crippen LogP contribution is 2.25. The Morgan fingerprint density at radius 3 is 2.46 bits per heavy atom. The Morgan fingerprint density at radius 1 is 1.12 bits per heavy atom. The summed E-state index contributed by atoms with van der Waals surface area (Å²) in [5, 5.41) is 3.28. The topological polar surface area (TPSA) is 52.7 Å². The molecule has 1 aromatic rings. The van der Waals surface area contributed by atoms with E-state index < -0.39 is 18.2 Å². The fourth-order valence-corrected chi connectivity index (χ4v) is 3.42. The molecule has 0 saturated carbocycles. The number of urea groups is 1. The maximum Gasteiger partial charge on any atom is 0.322 e. The van der Waals surface area contributed by atoms with Gasteiger partial charge in [-0.25, -0.2) is 9.18 Å². The Bertz CT molecular complexity index is 604. The van der Waals surface area contributed by atoms with Crippen LogP contribution in [-0.2, 0) is 4.79 Å². The van der Waals surface area contributed by atoms with Crippen molar-refractivity contribution in [3.8, 4) is 0 Å². The largest absolute Gasteiger partial charge is 0.341 e. The van der Waals surface area contributed by atoms with Crippen LogP contribution in [0, 0.1) is 0 Å². The number of halogens is 2. The van der Waals surface area contributed by atoms with Gasteiger partial charge < -0.3 is 15.1 Å². The van der Waals surface area contributed by atoms with Crippen molar-refractivity contribution in [2.75, 3.05) is 25.0 Å². The molecule has 2 atom stereocenters. The molecule has 0 aromatic heterocycles. The molecule has 3 amide bonds. The molecule has 1 N–H and O–H groups in total. The van der Waals surface area contributed by atoms with Crippen molar-refractivity contribution in [2.24, 2.45) is 0 Å². The van der Waals surface area contributed by atoms with E-state index in [2.05, 4.69) is 5.32 Å². The van der Waals surface area contributed by atoms with Crippen molar-refractivity contribution in [1.82, 2.24) is 9.80 Å². The molecule has 0 unspecified atom stereocenters. The molecule has 2 fully saturated rings. The second-order valence-electron chi connectivity index (χ2n) is 6.32. The first-order valence-electron chi connectivity index (χ1n) is 8.30. The molecule has 0 radical (unpaired) electrons. The van der Waals surface area contributed by atoms with E-state index in [-0.39, 0.29) is 18.9 Å². The van der Waals surface area contributed by atoms with E-state index >= 15 is 0 Å². The maximum atomic E-state index is 13.9. The van der Waals surface area contributed by atoms with Crippen molar-refractivity contribution in [2.45, 2.75) is 37.9 Å². The van der Waals surface area contributed by atoms with Crippen LogP contribution < -0.4 is 5.32 Å². The van der Waals surface area contributed by atoms with Gasteiger partial charge in [0.1, 0.15) is 12.2 Å². The lowest BCUT2D eigenvalue weighted by Gasteiger charge is -2.32. The number of rotatable bonds is 2. The summed E-state index contributed by atoms with van der Waals surface area (Å²) in [6.07, 6.45) is 1.95. The normalized spacial score (nSPS) is 24.1. The number of alkyl halides is 1. The molecule has 3 rings (SSSR count). The zero-order chi connectivity index (χ0) is 17.1. The van der Waals surface area contributed by atoms with Gasteiger partial charge in [0.25, 0.3) is 0 Å². The summed E-state index contributed by atoms with van der Waals surface area (Å²) in [6, 6.07) is 5.50. The van der Waals surface area contributed by atoms with Gasteiger partial charge in [0.05, 0.1) is 6.54 Å². The molecule has 2 saturated heterocycles. The maximum absolute atomic E-state index is 13.9. The second-order valence-corrected chi connectivity index (χ2v) is 6.76. The first-order chi connectivity index (χ1) is 11.5. The van der Waals surface area contributed by atoms with Gasteiger partial charge in [-0.3, -0.25) is 4.79 Å². The monoisotopic (exact) mass is 353 g/mol. The first-order valence-corrected chi connectivity index (χ1v) is 8.68. The van der Waals surface area contributed by atoms with Crippen molar-refractivity contribution >= 4 is 29.2 Å². The second kappa shape index (κ2) is 7.38. The van der Waals surface area contributed by atoms with Gasteiger partial charge in [0, 0.05) is 30.2 Å². The summed E-state index contributed by atoms with van der Waals surface area (Å²) in [4.78, 5) is 28.2.